The number of nitrogen functional groups attached to an aromatic ring is 1. The first-order valence-corrected chi connectivity index (χ1v) is 7.15. The number of nitrogens with two attached hydrogens (primary N) is 1. The predicted octanol–water partition coefficient (Wildman–Crippen LogP) is 3.25. The summed E-state index contributed by atoms with van der Waals surface area (Å²) in [6.45, 7) is 4.31. The molecule has 0 saturated heterocycles. The number of rotatable bonds is 7. The van der Waals surface area contributed by atoms with Crippen LogP contribution in [0.2, 0.25) is 0 Å². The van der Waals surface area contributed by atoms with E-state index >= 15 is 0 Å². The number of aromatic nitrogens is 1. The second kappa shape index (κ2) is 7.87. The Hall–Kier alpha value is -1.36. The van der Waals surface area contributed by atoms with Crippen LogP contribution in [-0.2, 0) is 9.53 Å². The SMILES string of the molecule is CCCCCC=C(C(=O)OCC)c1csc(N)n1. The van der Waals surface area contributed by atoms with Crippen LogP contribution in [0.4, 0.5) is 5.13 Å². The van der Waals surface area contributed by atoms with E-state index in [0.29, 0.717) is 23.0 Å². The fraction of sp³-hybridized carbons (Fsp3) is 0.538. The molecule has 1 aromatic heterocycles. The number of nitrogens with zero attached hydrogens (tertiary/aromatic N) is 1. The molecule has 4 nitrogen and oxygen atoms in total. The average Bonchev–Trinajstić information content (AvgIpc) is 2.76. The predicted molar refractivity (Wildman–Crippen MR) is 75.3 cm³/mol. The highest BCUT2D eigenvalue weighted by molar-refractivity contribution is 7.13. The summed E-state index contributed by atoms with van der Waals surface area (Å²) in [5, 5.41) is 2.26. The zero-order valence-corrected chi connectivity index (χ0v) is 11.8. The van der Waals surface area contributed by atoms with Crippen LogP contribution in [0.15, 0.2) is 11.5 Å². The molecule has 0 spiro atoms. The molecule has 0 radical (unpaired) electrons. The van der Waals surface area contributed by atoms with E-state index in [1.807, 2.05) is 6.08 Å². The smallest absolute Gasteiger partial charge is 0.340 e. The van der Waals surface area contributed by atoms with Gasteiger partial charge in [0.15, 0.2) is 5.13 Å². The van der Waals surface area contributed by atoms with Gasteiger partial charge < -0.3 is 10.5 Å². The Kier molecular flexibility index (Phi) is 6.43. The highest BCUT2D eigenvalue weighted by atomic mass is 32.1. The number of anilines is 1. The van der Waals surface area contributed by atoms with Crippen LogP contribution in [0.3, 0.4) is 0 Å². The van der Waals surface area contributed by atoms with Gasteiger partial charge in [0.1, 0.15) is 0 Å². The highest BCUT2D eigenvalue weighted by Gasteiger charge is 2.15. The molecule has 1 rings (SSSR count). The molecule has 2 N–H and O–H groups in total. The Morgan fingerprint density at radius 2 is 2.28 bits per heavy atom. The van der Waals surface area contributed by atoms with Crippen molar-refractivity contribution in [3.8, 4) is 0 Å². The van der Waals surface area contributed by atoms with Crippen molar-refractivity contribution in [2.45, 2.75) is 39.5 Å². The first kappa shape index (κ1) is 14.7. The lowest BCUT2D eigenvalue weighted by molar-refractivity contribution is -0.136. The summed E-state index contributed by atoms with van der Waals surface area (Å²) in [6.07, 6.45) is 6.15. The molecule has 18 heavy (non-hydrogen) atoms. The van der Waals surface area contributed by atoms with Crippen molar-refractivity contribution >= 4 is 28.0 Å². The standard InChI is InChI=1S/C13H20N2O2S/c1-3-5-6-7-8-10(12(16)17-4-2)11-9-18-13(14)15-11/h8-9H,3-7H2,1-2H3,(H2,14,15). The van der Waals surface area contributed by atoms with Crippen molar-refractivity contribution in [1.82, 2.24) is 4.98 Å². The summed E-state index contributed by atoms with van der Waals surface area (Å²) in [6, 6.07) is 0. The Morgan fingerprint density at radius 3 is 2.83 bits per heavy atom. The van der Waals surface area contributed by atoms with E-state index < -0.39 is 0 Å². The molecule has 0 unspecified atom stereocenters. The third-order valence-corrected chi connectivity index (χ3v) is 3.12. The van der Waals surface area contributed by atoms with E-state index in [9.17, 15) is 4.79 Å². The van der Waals surface area contributed by atoms with Gasteiger partial charge in [-0.25, -0.2) is 9.78 Å². The van der Waals surface area contributed by atoms with Crippen molar-refractivity contribution in [3.05, 3.63) is 17.2 Å². The summed E-state index contributed by atoms with van der Waals surface area (Å²) in [5.74, 6) is -0.320. The van der Waals surface area contributed by atoms with Crippen LogP contribution in [-0.4, -0.2) is 17.6 Å². The maximum Gasteiger partial charge on any atom is 0.340 e. The van der Waals surface area contributed by atoms with Crippen LogP contribution >= 0.6 is 11.3 Å². The summed E-state index contributed by atoms with van der Waals surface area (Å²) < 4.78 is 5.04. The molecule has 0 bridgehead atoms. The normalized spacial score (nSPS) is 11.6. The molecular weight excluding hydrogens is 248 g/mol. The number of hydrogen-bond donors (Lipinski definition) is 1. The minimum Gasteiger partial charge on any atom is -0.462 e. The highest BCUT2D eigenvalue weighted by Crippen LogP contribution is 2.21. The van der Waals surface area contributed by atoms with Crippen molar-refractivity contribution in [2.75, 3.05) is 12.3 Å². The summed E-state index contributed by atoms with van der Waals surface area (Å²) in [7, 11) is 0. The number of allylic oxidation sites excluding steroid dienone is 1. The maximum absolute atomic E-state index is 11.8. The van der Waals surface area contributed by atoms with Gasteiger partial charge in [0, 0.05) is 5.38 Å². The third-order valence-electron chi connectivity index (χ3n) is 2.45. The molecular formula is C13H20N2O2S. The third kappa shape index (κ3) is 4.49. The number of thiazole rings is 1. The lowest BCUT2D eigenvalue weighted by Crippen LogP contribution is -2.07. The molecule has 5 heteroatoms. The topological polar surface area (TPSA) is 65.2 Å². The number of carbonyl (C=O) groups is 1. The molecule has 0 atom stereocenters. The minimum atomic E-state index is -0.320. The first-order chi connectivity index (χ1) is 8.69. The van der Waals surface area contributed by atoms with Gasteiger partial charge in [-0.2, -0.15) is 0 Å². The molecule has 0 aromatic carbocycles. The minimum absolute atomic E-state index is 0.320. The van der Waals surface area contributed by atoms with Crippen LogP contribution in [0.25, 0.3) is 5.57 Å². The Bertz CT molecular complexity index is 413. The van der Waals surface area contributed by atoms with Crippen molar-refractivity contribution < 1.29 is 9.53 Å². The first-order valence-electron chi connectivity index (χ1n) is 6.27. The van der Waals surface area contributed by atoms with E-state index in [1.54, 1.807) is 12.3 Å². The van der Waals surface area contributed by atoms with Gasteiger partial charge >= 0.3 is 5.97 Å². The molecule has 1 aromatic rings. The maximum atomic E-state index is 11.8. The Labute approximate surface area is 112 Å². The Morgan fingerprint density at radius 1 is 1.50 bits per heavy atom. The van der Waals surface area contributed by atoms with Gasteiger partial charge in [0.05, 0.1) is 17.9 Å². The second-order valence-corrected chi connectivity index (χ2v) is 4.79. The van der Waals surface area contributed by atoms with Gasteiger partial charge in [-0.15, -0.1) is 11.3 Å². The lowest BCUT2D eigenvalue weighted by Gasteiger charge is -2.04. The second-order valence-electron chi connectivity index (χ2n) is 3.91. The fourth-order valence-corrected chi connectivity index (χ4v) is 2.12. The van der Waals surface area contributed by atoms with Gasteiger partial charge in [0.2, 0.25) is 0 Å². The fourth-order valence-electron chi connectivity index (χ4n) is 1.55. The molecule has 0 aliphatic heterocycles. The van der Waals surface area contributed by atoms with Crippen LogP contribution < -0.4 is 5.73 Å². The van der Waals surface area contributed by atoms with Gasteiger partial charge in [-0.1, -0.05) is 25.8 Å². The van der Waals surface area contributed by atoms with Gasteiger partial charge in [0.25, 0.3) is 0 Å². The van der Waals surface area contributed by atoms with E-state index in [2.05, 4.69) is 11.9 Å². The molecule has 1 heterocycles. The number of esters is 1. The summed E-state index contributed by atoms with van der Waals surface area (Å²) >= 11 is 1.33. The van der Waals surface area contributed by atoms with Crippen LogP contribution in [0.5, 0.6) is 0 Å². The number of unbranched alkanes of at least 4 members (excludes halogenated alkanes) is 3. The molecule has 0 saturated carbocycles. The quantitative estimate of drug-likeness (QED) is 0.468. The number of hydrogen-bond acceptors (Lipinski definition) is 5. The lowest BCUT2D eigenvalue weighted by atomic mass is 10.1. The zero-order chi connectivity index (χ0) is 13.4. The van der Waals surface area contributed by atoms with Crippen molar-refractivity contribution in [2.24, 2.45) is 0 Å². The molecule has 100 valence electrons. The molecule has 0 fully saturated rings. The molecule has 0 amide bonds. The number of carbonyl (C=O) groups excluding carboxylic acids is 1. The monoisotopic (exact) mass is 268 g/mol. The van der Waals surface area contributed by atoms with E-state index in [0.717, 1.165) is 25.7 Å². The van der Waals surface area contributed by atoms with Crippen molar-refractivity contribution in [3.63, 3.8) is 0 Å². The molecule has 0 aliphatic rings. The summed E-state index contributed by atoms with van der Waals surface area (Å²) in [5.41, 5.74) is 6.74. The van der Waals surface area contributed by atoms with Crippen LogP contribution in [0, 0.1) is 0 Å². The van der Waals surface area contributed by atoms with E-state index in [-0.39, 0.29) is 5.97 Å². The van der Waals surface area contributed by atoms with E-state index in [4.69, 9.17) is 10.5 Å². The zero-order valence-electron chi connectivity index (χ0n) is 10.9. The average molecular weight is 268 g/mol. The van der Waals surface area contributed by atoms with Crippen molar-refractivity contribution in [1.29, 1.82) is 0 Å². The Balaban J connectivity index is 2.78. The van der Waals surface area contributed by atoms with Gasteiger partial charge in [-0.3, -0.25) is 0 Å². The van der Waals surface area contributed by atoms with Gasteiger partial charge in [-0.05, 0) is 19.8 Å². The summed E-state index contributed by atoms with van der Waals surface area (Å²) in [4.78, 5) is 16.0. The number of ether oxygens (including phenoxy) is 1. The van der Waals surface area contributed by atoms with Crippen LogP contribution in [0.1, 0.15) is 45.2 Å². The van der Waals surface area contributed by atoms with E-state index in [1.165, 1.54) is 11.3 Å². The molecule has 0 aliphatic carbocycles. The largest absolute Gasteiger partial charge is 0.462 e.